The summed E-state index contributed by atoms with van der Waals surface area (Å²) in [4.78, 5) is 0. The lowest BCUT2D eigenvalue weighted by Crippen LogP contribution is -2.31. The van der Waals surface area contributed by atoms with Gasteiger partial charge in [-0.2, -0.15) is 0 Å². The van der Waals surface area contributed by atoms with Gasteiger partial charge in [0.25, 0.3) is 0 Å². The molecular weight excluding hydrogens is 256 g/mol. The van der Waals surface area contributed by atoms with Crippen molar-refractivity contribution >= 4 is 0 Å². The first-order valence-electron chi connectivity index (χ1n) is 7.18. The predicted octanol–water partition coefficient (Wildman–Crippen LogP) is 2.98. The number of aromatic nitrogens is 2. The molecule has 0 saturated heterocycles. The number of hydrogen-bond acceptors (Lipinski definition) is 0. The van der Waals surface area contributed by atoms with Gasteiger partial charge in [-0.25, -0.2) is 9.13 Å². The van der Waals surface area contributed by atoms with Gasteiger partial charge in [0.2, 0.25) is 11.4 Å². The molecule has 3 aromatic rings. The molecule has 0 spiro atoms. The molecule has 1 aromatic carbocycles. The molecule has 0 bridgehead atoms. The van der Waals surface area contributed by atoms with Crippen LogP contribution in [0.2, 0.25) is 0 Å². The molecule has 2 nitrogen and oxygen atoms in total. The topological polar surface area (TPSA) is 7.76 Å². The van der Waals surface area contributed by atoms with E-state index >= 15 is 0 Å². The second-order valence-corrected chi connectivity index (χ2v) is 5.37. The summed E-state index contributed by atoms with van der Waals surface area (Å²) >= 11 is 0. The molecule has 0 aliphatic carbocycles. The Bertz CT molecular complexity index is 727. The first kappa shape index (κ1) is 13.5. The van der Waals surface area contributed by atoms with Crippen molar-refractivity contribution in [2.45, 2.75) is 6.92 Å². The molecule has 2 heteroatoms. The molecule has 0 radical (unpaired) electrons. The van der Waals surface area contributed by atoms with Crippen LogP contribution in [0.3, 0.4) is 0 Å². The highest BCUT2D eigenvalue weighted by atomic mass is 14.9. The monoisotopic (exact) mass is 276 g/mol. The largest absolute Gasteiger partial charge is 0.212 e. The van der Waals surface area contributed by atoms with Gasteiger partial charge in [0.05, 0.1) is 0 Å². The summed E-state index contributed by atoms with van der Waals surface area (Å²) in [5.74, 6) is 0. The highest BCUT2D eigenvalue weighted by molar-refractivity contribution is 5.72. The van der Waals surface area contributed by atoms with Crippen LogP contribution in [0.1, 0.15) is 5.56 Å². The lowest BCUT2D eigenvalue weighted by Gasteiger charge is -2.09. The molecule has 0 saturated carbocycles. The summed E-state index contributed by atoms with van der Waals surface area (Å²) in [6.45, 7) is 2.20. The smallest absolute Gasteiger partial charge is 0.201 e. The number of hydrogen-bond donors (Lipinski definition) is 0. The molecule has 0 amide bonds. The van der Waals surface area contributed by atoms with Crippen LogP contribution in [0.5, 0.6) is 0 Å². The highest BCUT2D eigenvalue weighted by Gasteiger charge is 2.17. The Morgan fingerprint density at radius 1 is 0.619 bits per heavy atom. The SMILES string of the molecule is Cc1c(-c2cccc[n+]2C)cccc1-c1cccc[n+]1C. The molecule has 0 unspecified atom stereocenters. The Morgan fingerprint density at radius 2 is 1.10 bits per heavy atom. The maximum absolute atomic E-state index is 2.20. The van der Waals surface area contributed by atoms with Crippen LogP contribution in [0.25, 0.3) is 22.5 Å². The van der Waals surface area contributed by atoms with Crippen molar-refractivity contribution in [2.75, 3.05) is 0 Å². The van der Waals surface area contributed by atoms with Gasteiger partial charge in [-0.05, 0) is 36.8 Å². The Balaban J connectivity index is 2.21. The second-order valence-electron chi connectivity index (χ2n) is 5.37. The fraction of sp³-hybridized carbons (Fsp3) is 0.158. The van der Waals surface area contributed by atoms with Crippen molar-refractivity contribution < 1.29 is 9.13 Å². The summed E-state index contributed by atoms with van der Waals surface area (Å²) < 4.78 is 4.33. The van der Waals surface area contributed by atoms with E-state index in [0.717, 1.165) is 0 Å². The van der Waals surface area contributed by atoms with Crippen LogP contribution in [0, 0.1) is 6.92 Å². The minimum atomic E-state index is 1.23. The molecule has 3 rings (SSSR count). The molecule has 0 fully saturated rings. The summed E-state index contributed by atoms with van der Waals surface area (Å²) in [5, 5.41) is 0. The van der Waals surface area contributed by atoms with E-state index in [-0.39, 0.29) is 0 Å². The zero-order chi connectivity index (χ0) is 14.8. The van der Waals surface area contributed by atoms with E-state index in [9.17, 15) is 0 Å². The Labute approximate surface area is 125 Å². The van der Waals surface area contributed by atoms with Gasteiger partial charge in [-0.1, -0.05) is 6.07 Å². The van der Waals surface area contributed by atoms with Crippen molar-refractivity contribution in [1.82, 2.24) is 0 Å². The zero-order valence-corrected chi connectivity index (χ0v) is 12.7. The molecule has 0 aliphatic rings. The summed E-state index contributed by atoms with van der Waals surface area (Å²) in [7, 11) is 4.17. The Kier molecular flexibility index (Phi) is 3.53. The molecule has 2 heterocycles. The number of aryl methyl sites for hydroxylation is 2. The average Bonchev–Trinajstić information content (AvgIpc) is 2.49. The highest BCUT2D eigenvalue weighted by Crippen LogP contribution is 2.28. The van der Waals surface area contributed by atoms with Crippen LogP contribution in [-0.4, -0.2) is 0 Å². The number of nitrogens with zero attached hydrogens (tertiary/aromatic N) is 2. The molecule has 104 valence electrons. The third-order valence-corrected chi connectivity index (χ3v) is 4.00. The van der Waals surface area contributed by atoms with Gasteiger partial charge < -0.3 is 0 Å². The lowest BCUT2D eigenvalue weighted by molar-refractivity contribution is -0.660. The maximum atomic E-state index is 2.20. The molecule has 2 aromatic heterocycles. The molecule has 21 heavy (non-hydrogen) atoms. The predicted molar refractivity (Wildman–Crippen MR) is 84.4 cm³/mol. The fourth-order valence-corrected chi connectivity index (χ4v) is 2.80. The summed E-state index contributed by atoms with van der Waals surface area (Å²) in [6.07, 6.45) is 4.17. The van der Waals surface area contributed by atoms with Gasteiger partial charge in [-0.15, -0.1) is 0 Å². The quantitative estimate of drug-likeness (QED) is 0.636. The minimum absolute atomic E-state index is 1.23. The van der Waals surface area contributed by atoms with Crippen molar-refractivity contribution in [3.05, 3.63) is 72.6 Å². The van der Waals surface area contributed by atoms with Crippen LogP contribution in [0.15, 0.2) is 67.0 Å². The average molecular weight is 276 g/mol. The van der Waals surface area contributed by atoms with Gasteiger partial charge >= 0.3 is 0 Å². The van der Waals surface area contributed by atoms with Crippen molar-refractivity contribution in [2.24, 2.45) is 14.1 Å². The summed E-state index contributed by atoms with van der Waals surface area (Å²) in [6, 6.07) is 19.1. The normalized spacial score (nSPS) is 10.6. The molecule has 0 aliphatic heterocycles. The van der Waals surface area contributed by atoms with E-state index in [4.69, 9.17) is 0 Å². The fourth-order valence-electron chi connectivity index (χ4n) is 2.80. The standard InChI is InChI=1S/C19H20N2/c1-15-16(18-11-4-6-13-20(18)2)9-8-10-17(15)19-12-5-7-14-21(19)3/h4-14H,1-3H3/q+2. The van der Waals surface area contributed by atoms with E-state index in [2.05, 4.69) is 97.1 Å². The van der Waals surface area contributed by atoms with Gasteiger partial charge in [-0.3, -0.25) is 0 Å². The van der Waals surface area contributed by atoms with Crippen molar-refractivity contribution in [1.29, 1.82) is 0 Å². The number of benzene rings is 1. The maximum Gasteiger partial charge on any atom is 0.212 e. The van der Waals surface area contributed by atoms with E-state index < -0.39 is 0 Å². The van der Waals surface area contributed by atoms with E-state index in [1.807, 2.05) is 0 Å². The lowest BCUT2D eigenvalue weighted by atomic mass is 9.97. The van der Waals surface area contributed by atoms with E-state index in [1.54, 1.807) is 0 Å². The van der Waals surface area contributed by atoms with Crippen LogP contribution in [0.4, 0.5) is 0 Å². The van der Waals surface area contributed by atoms with Crippen molar-refractivity contribution in [3.63, 3.8) is 0 Å². The van der Waals surface area contributed by atoms with Gasteiger partial charge in [0, 0.05) is 35.4 Å². The molecular formula is C19H20N2+2. The molecule has 0 atom stereocenters. The van der Waals surface area contributed by atoms with Gasteiger partial charge in [0.15, 0.2) is 12.4 Å². The second kappa shape index (κ2) is 5.49. The third-order valence-electron chi connectivity index (χ3n) is 4.00. The first-order valence-corrected chi connectivity index (χ1v) is 7.18. The Hall–Kier alpha value is -2.48. The van der Waals surface area contributed by atoms with Crippen LogP contribution >= 0.6 is 0 Å². The van der Waals surface area contributed by atoms with E-state index in [0.29, 0.717) is 0 Å². The Morgan fingerprint density at radius 3 is 1.52 bits per heavy atom. The van der Waals surface area contributed by atoms with E-state index in [1.165, 1.54) is 28.1 Å². The number of pyridine rings is 2. The zero-order valence-electron chi connectivity index (χ0n) is 12.7. The van der Waals surface area contributed by atoms with Crippen LogP contribution < -0.4 is 9.13 Å². The third kappa shape index (κ3) is 2.45. The van der Waals surface area contributed by atoms with Gasteiger partial charge in [0.1, 0.15) is 14.1 Å². The minimum Gasteiger partial charge on any atom is -0.201 e. The number of rotatable bonds is 2. The van der Waals surface area contributed by atoms with Crippen molar-refractivity contribution in [3.8, 4) is 22.5 Å². The molecule has 0 N–H and O–H groups in total. The van der Waals surface area contributed by atoms with Crippen LogP contribution in [-0.2, 0) is 14.1 Å². The first-order chi connectivity index (χ1) is 10.2. The summed E-state index contributed by atoms with van der Waals surface area (Å²) in [5.41, 5.74) is 6.32.